The van der Waals surface area contributed by atoms with Crippen molar-refractivity contribution in [2.75, 3.05) is 38.5 Å². The van der Waals surface area contributed by atoms with Gasteiger partial charge in [0.15, 0.2) is 5.82 Å². The summed E-state index contributed by atoms with van der Waals surface area (Å²) in [5.74, 6) is 0.534. The zero-order valence-electron chi connectivity index (χ0n) is 16.2. The van der Waals surface area contributed by atoms with Gasteiger partial charge in [-0.1, -0.05) is 30.3 Å². The molecule has 1 aliphatic rings. The van der Waals surface area contributed by atoms with Gasteiger partial charge < -0.3 is 15.1 Å². The Morgan fingerprint density at radius 1 is 0.966 bits per heavy atom. The van der Waals surface area contributed by atoms with Gasteiger partial charge in [-0.2, -0.15) is 0 Å². The number of rotatable bonds is 4. The molecule has 0 atom stereocenters. The van der Waals surface area contributed by atoms with Crippen molar-refractivity contribution in [1.29, 1.82) is 0 Å². The maximum Gasteiger partial charge on any atom is 0.272 e. The fraction of sp³-hybridized carbons (Fsp3) is 0.227. The number of piperazine rings is 1. The van der Waals surface area contributed by atoms with Crippen molar-refractivity contribution in [3.63, 3.8) is 0 Å². The number of amides is 1. The van der Waals surface area contributed by atoms with Gasteiger partial charge in [0.25, 0.3) is 5.91 Å². The molecule has 0 saturated carbocycles. The van der Waals surface area contributed by atoms with Crippen LogP contribution >= 0.6 is 0 Å². The lowest BCUT2D eigenvalue weighted by molar-refractivity contribution is 0.0658. The Bertz CT molecular complexity index is 986. The van der Waals surface area contributed by atoms with E-state index in [0.29, 0.717) is 36.1 Å². The van der Waals surface area contributed by atoms with Crippen LogP contribution in [0.25, 0.3) is 11.4 Å². The summed E-state index contributed by atoms with van der Waals surface area (Å²) < 4.78 is 13.2. The van der Waals surface area contributed by atoms with Crippen LogP contribution in [0.5, 0.6) is 0 Å². The predicted molar refractivity (Wildman–Crippen MR) is 111 cm³/mol. The zero-order chi connectivity index (χ0) is 20.2. The highest BCUT2D eigenvalue weighted by Crippen LogP contribution is 2.22. The van der Waals surface area contributed by atoms with E-state index in [9.17, 15) is 9.18 Å². The van der Waals surface area contributed by atoms with Crippen molar-refractivity contribution in [1.82, 2.24) is 19.8 Å². The summed E-state index contributed by atoms with van der Waals surface area (Å²) in [5, 5.41) is 3.15. The lowest BCUT2D eigenvalue weighted by Crippen LogP contribution is -2.47. The molecule has 1 N–H and O–H groups in total. The first-order valence-corrected chi connectivity index (χ1v) is 9.53. The Morgan fingerprint density at radius 2 is 1.66 bits per heavy atom. The topological polar surface area (TPSA) is 61.4 Å². The predicted octanol–water partition coefficient (Wildman–Crippen LogP) is 3.41. The van der Waals surface area contributed by atoms with Crippen molar-refractivity contribution in [2.45, 2.75) is 0 Å². The SMILES string of the molecule is CN1CCN(C(=O)c2cc(Nc3ccc(F)cc3)nc(-c3ccccc3)n2)CC1. The van der Waals surface area contributed by atoms with Gasteiger partial charge in [0.2, 0.25) is 0 Å². The highest BCUT2D eigenvalue weighted by atomic mass is 19.1. The van der Waals surface area contributed by atoms with Crippen LogP contribution in [0.4, 0.5) is 15.9 Å². The third-order valence-electron chi connectivity index (χ3n) is 4.88. The van der Waals surface area contributed by atoms with Crippen molar-refractivity contribution < 1.29 is 9.18 Å². The van der Waals surface area contributed by atoms with Crippen molar-refractivity contribution in [2.24, 2.45) is 0 Å². The summed E-state index contributed by atoms with van der Waals surface area (Å²) in [6, 6.07) is 17.2. The third-order valence-corrected chi connectivity index (χ3v) is 4.88. The van der Waals surface area contributed by atoms with Gasteiger partial charge >= 0.3 is 0 Å². The second kappa shape index (κ2) is 8.36. The molecule has 2 aromatic carbocycles. The fourth-order valence-electron chi connectivity index (χ4n) is 3.19. The molecule has 0 unspecified atom stereocenters. The normalized spacial score (nSPS) is 14.6. The molecule has 1 aromatic heterocycles. The first kappa shape index (κ1) is 19.0. The number of aromatic nitrogens is 2. The van der Waals surface area contributed by atoms with E-state index in [1.165, 1.54) is 12.1 Å². The maximum absolute atomic E-state index is 13.2. The summed E-state index contributed by atoms with van der Waals surface area (Å²) in [6.45, 7) is 3.01. The van der Waals surface area contributed by atoms with E-state index < -0.39 is 0 Å². The van der Waals surface area contributed by atoms with Crippen LogP contribution in [0, 0.1) is 5.82 Å². The Hall–Kier alpha value is -3.32. The van der Waals surface area contributed by atoms with Crippen molar-refractivity contribution >= 4 is 17.4 Å². The molecule has 148 valence electrons. The average molecular weight is 391 g/mol. The zero-order valence-corrected chi connectivity index (χ0v) is 16.2. The third kappa shape index (κ3) is 4.57. The molecular formula is C22H22FN5O. The monoisotopic (exact) mass is 391 g/mol. The van der Waals surface area contributed by atoms with Crippen LogP contribution in [-0.4, -0.2) is 58.9 Å². The largest absolute Gasteiger partial charge is 0.340 e. The summed E-state index contributed by atoms with van der Waals surface area (Å²) in [4.78, 5) is 26.2. The fourth-order valence-corrected chi connectivity index (χ4v) is 3.19. The van der Waals surface area contributed by atoms with E-state index in [1.54, 1.807) is 18.2 Å². The van der Waals surface area contributed by atoms with E-state index in [0.717, 1.165) is 18.7 Å². The molecule has 0 radical (unpaired) electrons. The molecule has 1 saturated heterocycles. The number of halogens is 1. The summed E-state index contributed by atoms with van der Waals surface area (Å²) in [5.41, 5.74) is 1.85. The molecule has 1 aliphatic heterocycles. The van der Waals surface area contributed by atoms with Gasteiger partial charge in [-0.05, 0) is 31.3 Å². The second-order valence-electron chi connectivity index (χ2n) is 7.06. The molecule has 0 aliphatic carbocycles. The highest BCUT2D eigenvalue weighted by Gasteiger charge is 2.23. The van der Waals surface area contributed by atoms with Crippen molar-refractivity contribution in [3.8, 4) is 11.4 Å². The number of likely N-dealkylation sites (N-methyl/N-ethyl adjacent to an activating group) is 1. The average Bonchev–Trinajstić information content (AvgIpc) is 2.76. The minimum absolute atomic E-state index is 0.111. The number of hydrogen-bond donors (Lipinski definition) is 1. The van der Waals surface area contributed by atoms with E-state index >= 15 is 0 Å². The molecule has 0 bridgehead atoms. The number of carbonyl (C=O) groups excluding carboxylic acids is 1. The van der Waals surface area contributed by atoms with Gasteiger partial charge in [-0.25, -0.2) is 14.4 Å². The smallest absolute Gasteiger partial charge is 0.272 e. The molecule has 0 spiro atoms. The number of hydrogen-bond acceptors (Lipinski definition) is 5. The van der Waals surface area contributed by atoms with E-state index in [2.05, 4.69) is 20.2 Å². The quantitative estimate of drug-likeness (QED) is 0.739. The number of benzene rings is 2. The summed E-state index contributed by atoms with van der Waals surface area (Å²) >= 11 is 0. The summed E-state index contributed by atoms with van der Waals surface area (Å²) in [6.07, 6.45) is 0. The molecule has 7 heteroatoms. The van der Waals surface area contributed by atoms with E-state index in [-0.39, 0.29) is 11.7 Å². The molecule has 4 rings (SSSR count). The van der Waals surface area contributed by atoms with Gasteiger partial charge in [-0.15, -0.1) is 0 Å². The van der Waals surface area contributed by atoms with E-state index in [4.69, 9.17) is 0 Å². The first-order valence-electron chi connectivity index (χ1n) is 9.53. The Morgan fingerprint density at radius 3 is 2.34 bits per heavy atom. The summed E-state index contributed by atoms with van der Waals surface area (Å²) in [7, 11) is 2.05. The Balaban J connectivity index is 1.68. The van der Waals surface area contributed by atoms with Crippen molar-refractivity contribution in [3.05, 3.63) is 72.2 Å². The number of nitrogens with zero attached hydrogens (tertiary/aromatic N) is 4. The maximum atomic E-state index is 13.2. The Labute approximate surface area is 169 Å². The molecule has 29 heavy (non-hydrogen) atoms. The van der Waals surface area contributed by atoms with Crippen LogP contribution in [0.3, 0.4) is 0 Å². The lowest BCUT2D eigenvalue weighted by atomic mass is 10.2. The highest BCUT2D eigenvalue weighted by molar-refractivity contribution is 5.93. The van der Waals surface area contributed by atoms with Crippen LogP contribution in [-0.2, 0) is 0 Å². The van der Waals surface area contributed by atoms with Crippen LogP contribution in [0.15, 0.2) is 60.7 Å². The number of carbonyl (C=O) groups is 1. The molecular weight excluding hydrogens is 369 g/mol. The minimum Gasteiger partial charge on any atom is -0.340 e. The molecule has 1 amide bonds. The Kier molecular flexibility index (Phi) is 5.48. The molecule has 2 heterocycles. The van der Waals surface area contributed by atoms with Crippen LogP contribution in [0.2, 0.25) is 0 Å². The number of anilines is 2. The standard InChI is InChI=1S/C22H22FN5O/c1-27-11-13-28(14-12-27)22(29)19-15-20(24-18-9-7-17(23)8-10-18)26-21(25-19)16-5-3-2-4-6-16/h2-10,15H,11-14H2,1H3,(H,24,25,26). The van der Waals surface area contributed by atoms with Crippen LogP contribution < -0.4 is 5.32 Å². The van der Waals surface area contributed by atoms with Crippen LogP contribution in [0.1, 0.15) is 10.5 Å². The van der Waals surface area contributed by atoms with Gasteiger partial charge in [0.1, 0.15) is 17.3 Å². The van der Waals surface area contributed by atoms with Gasteiger partial charge in [0, 0.05) is 43.5 Å². The molecule has 1 fully saturated rings. The van der Waals surface area contributed by atoms with E-state index in [1.807, 2.05) is 42.3 Å². The molecule has 6 nitrogen and oxygen atoms in total. The first-order chi connectivity index (χ1) is 14.1. The molecule has 3 aromatic rings. The van der Waals surface area contributed by atoms with Gasteiger partial charge in [0.05, 0.1) is 0 Å². The minimum atomic E-state index is -0.311. The lowest BCUT2D eigenvalue weighted by Gasteiger charge is -2.32. The van der Waals surface area contributed by atoms with Gasteiger partial charge in [-0.3, -0.25) is 4.79 Å². The number of nitrogens with one attached hydrogen (secondary N) is 1. The second-order valence-corrected chi connectivity index (χ2v) is 7.06.